The fourth-order valence-corrected chi connectivity index (χ4v) is 5.00. The summed E-state index contributed by atoms with van der Waals surface area (Å²) >= 11 is 5.87. The Morgan fingerprint density at radius 3 is 2.35 bits per heavy atom. The van der Waals surface area contributed by atoms with Gasteiger partial charge in [0.25, 0.3) is 0 Å². The number of aryl methyl sites for hydroxylation is 1. The molecule has 0 aliphatic carbocycles. The van der Waals surface area contributed by atoms with Gasteiger partial charge in [0, 0.05) is 29.6 Å². The van der Waals surface area contributed by atoms with Crippen LogP contribution in [0.1, 0.15) is 18.4 Å². The molecule has 0 atom stereocenters. The minimum Gasteiger partial charge on any atom is -0.403 e. The minimum atomic E-state index is -3.57. The Balaban J connectivity index is 1.35. The lowest BCUT2D eigenvalue weighted by atomic mass is 9.97. The predicted octanol–water partition coefficient (Wildman–Crippen LogP) is 3.74. The van der Waals surface area contributed by atoms with E-state index >= 15 is 0 Å². The van der Waals surface area contributed by atoms with Crippen LogP contribution >= 0.6 is 11.6 Å². The van der Waals surface area contributed by atoms with Crippen LogP contribution in [0.2, 0.25) is 5.02 Å². The highest BCUT2D eigenvalue weighted by Crippen LogP contribution is 2.26. The van der Waals surface area contributed by atoms with Crippen LogP contribution in [0.5, 0.6) is 0 Å². The molecule has 3 aromatic rings. The van der Waals surface area contributed by atoms with Gasteiger partial charge in [-0.2, -0.15) is 4.31 Å². The molecule has 1 aliphatic heterocycles. The van der Waals surface area contributed by atoms with E-state index in [1.165, 1.54) is 4.31 Å². The number of hydrogen-bond acceptors (Lipinski definition) is 6. The average Bonchev–Trinajstić information content (AvgIpc) is 3.23. The van der Waals surface area contributed by atoms with Crippen LogP contribution in [0.4, 0.5) is 6.01 Å². The number of nitrogens with zero attached hydrogens (tertiary/aromatic N) is 3. The molecule has 1 N–H and O–H groups in total. The number of rotatable bonds is 5. The zero-order valence-electron chi connectivity index (χ0n) is 16.8. The number of anilines is 1. The van der Waals surface area contributed by atoms with Crippen LogP contribution in [0.25, 0.3) is 11.5 Å². The Labute approximate surface area is 185 Å². The summed E-state index contributed by atoms with van der Waals surface area (Å²) in [7, 11) is -3.57. The summed E-state index contributed by atoms with van der Waals surface area (Å²) in [6.45, 7) is 2.45. The lowest BCUT2D eigenvalue weighted by Crippen LogP contribution is -2.41. The highest BCUT2D eigenvalue weighted by molar-refractivity contribution is 7.89. The van der Waals surface area contributed by atoms with E-state index in [0.29, 0.717) is 23.4 Å². The largest absolute Gasteiger partial charge is 0.403 e. The fourth-order valence-electron chi connectivity index (χ4n) is 3.41. The van der Waals surface area contributed by atoms with Crippen LogP contribution in [-0.4, -0.2) is 41.9 Å². The van der Waals surface area contributed by atoms with Gasteiger partial charge in [0.2, 0.25) is 21.8 Å². The summed E-state index contributed by atoms with van der Waals surface area (Å²) < 4.78 is 32.6. The second kappa shape index (κ2) is 8.78. The van der Waals surface area contributed by atoms with Crippen molar-refractivity contribution in [3.8, 4) is 11.5 Å². The number of benzene rings is 2. The Morgan fingerprint density at radius 2 is 1.71 bits per heavy atom. The normalized spacial score (nSPS) is 15.7. The molecule has 1 aromatic heterocycles. The number of sulfonamides is 1. The summed E-state index contributed by atoms with van der Waals surface area (Å²) in [5.41, 5.74) is 1.68. The highest BCUT2D eigenvalue weighted by atomic mass is 35.5. The second-order valence-electron chi connectivity index (χ2n) is 7.40. The first-order valence-electron chi connectivity index (χ1n) is 9.80. The van der Waals surface area contributed by atoms with Gasteiger partial charge < -0.3 is 4.42 Å². The van der Waals surface area contributed by atoms with Gasteiger partial charge >= 0.3 is 6.01 Å². The molecule has 162 valence electrons. The Morgan fingerprint density at radius 1 is 1.06 bits per heavy atom. The van der Waals surface area contributed by atoms with Crippen LogP contribution in [-0.2, 0) is 14.8 Å². The van der Waals surface area contributed by atoms with E-state index in [1.54, 1.807) is 48.5 Å². The second-order valence-corrected chi connectivity index (χ2v) is 9.77. The van der Waals surface area contributed by atoms with Crippen molar-refractivity contribution >= 4 is 33.5 Å². The van der Waals surface area contributed by atoms with Gasteiger partial charge in [0.1, 0.15) is 0 Å². The number of halogens is 1. The molecule has 0 bridgehead atoms. The molecular weight excluding hydrogens is 440 g/mol. The lowest BCUT2D eigenvalue weighted by Gasteiger charge is -2.30. The van der Waals surface area contributed by atoms with E-state index in [1.807, 2.05) is 6.92 Å². The number of amides is 1. The number of hydrogen-bond donors (Lipinski definition) is 1. The van der Waals surface area contributed by atoms with Crippen LogP contribution in [0, 0.1) is 12.8 Å². The van der Waals surface area contributed by atoms with Crippen molar-refractivity contribution in [2.24, 2.45) is 5.92 Å². The summed E-state index contributed by atoms with van der Waals surface area (Å²) in [5, 5.41) is 11.0. The molecule has 4 rings (SSSR count). The van der Waals surface area contributed by atoms with E-state index in [-0.39, 0.29) is 41.7 Å². The fraction of sp³-hybridized carbons (Fsp3) is 0.286. The molecule has 0 saturated carbocycles. The van der Waals surface area contributed by atoms with Gasteiger partial charge in [-0.3, -0.25) is 10.1 Å². The molecule has 31 heavy (non-hydrogen) atoms. The van der Waals surface area contributed by atoms with Crippen molar-refractivity contribution in [3.63, 3.8) is 0 Å². The predicted molar refractivity (Wildman–Crippen MR) is 116 cm³/mol. The van der Waals surface area contributed by atoms with Crippen LogP contribution < -0.4 is 5.32 Å². The monoisotopic (exact) mass is 460 g/mol. The molecule has 0 spiro atoms. The van der Waals surface area contributed by atoms with Gasteiger partial charge in [-0.15, -0.1) is 5.10 Å². The van der Waals surface area contributed by atoms with E-state index < -0.39 is 10.0 Å². The molecule has 2 heterocycles. The quantitative estimate of drug-likeness (QED) is 0.621. The molecule has 1 fully saturated rings. The highest BCUT2D eigenvalue weighted by Gasteiger charge is 2.32. The van der Waals surface area contributed by atoms with E-state index in [2.05, 4.69) is 15.5 Å². The first-order valence-corrected chi connectivity index (χ1v) is 11.6. The van der Waals surface area contributed by atoms with Crippen molar-refractivity contribution in [2.45, 2.75) is 24.7 Å². The van der Waals surface area contributed by atoms with E-state index in [0.717, 1.165) is 5.56 Å². The summed E-state index contributed by atoms with van der Waals surface area (Å²) in [4.78, 5) is 12.9. The average molecular weight is 461 g/mol. The third kappa shape index (κ3) is 4.79. The van der Waals surface area contributed by atoms with Crippen molar-refractivity contribution in [2.75, 3.05) is 18.4 Å². The van der Waals surface area contributed by atoms with Crippen LogP contribution in [0.15, 0.2) is 57.8 Å². The maximum absolute atomic E-state index is 12.8. The Kier molecular flexibility index (Phi) is 6.08. The molecule has 0 radical (unpaired) electrons. The van der Waals surface area contributed by atoms with Gasteiger partial charge in [-0.25, -0.2) is 8.42 Å². The van der Waals surface area contributed by atoms with Crippen LogP contribution in [0.3, 0.4) is 0 Å². The third-order valence-corrected chi connectivity index (χ3v) is 7.39. The zero-order valence-corrected chi connectivity index (χ0v) is 18.4. The molecule has 1 amide bonds. The topological polar surface area (TPSA) is 105 Å². The molecule has 0 unspecified atom stereocenters. The summed E-state index contributed by atoms with van der Waals surface area (Å²) in [6, 6.07) is 13.7. The zero-order chi connectivity index (χ0) is 22.0. The SMILES string of the molecule is Cc1ccc(S(=O)(=O)N2CCC(C(=O)Nc3nnc(-c4ccc(Cl)cc4)o3)CC2)cc1. The maximum Gasteiger partial charge on any atom is 0.322 e. The third-order valence-electron chi connectivity index (χ3n) is 5.23. The van der Waals surface area contributed by atoms with E-state index in [9.17, 15) is 13.2 Å². The van der Waals surface area contributed by atoms with Crippen molar-refractivity contribution < 1.29 is 17.6 Å². The lowest BCUT2D eigenvalue weighted by molar-refractivity contribution is -0.121. The molecule has 1 aliphatic rings. The van der Waals surface area contributed by atoms with Crippen molar-refractivity contribution in [3.05, 3.63) is 59.1 Å². The standard InChI is InChI=1S/C21H21ClN4O4S/c1-14-2-8-18(9-3-14)31(28,29)26-12-10-15(11-13-26)19(27)23-21-25-24-20(30-21)16-4-6-17(22)7-5-16/h2-9,15H,10-13H2,1H3,(H,23,25,27). The minimum absolute atomic E-state index is 0.00431. The number of carbonyl (C=O) groups excluding carboxylic acids is 1. The molecule has 2 aromatic carbocycles. The van der Waals surface area contributed by atoms with Crippen molar-refractivity contribution in [1.82, 2.24) is 14.5 Å². The molecule has 8 nitrogen and oxygen atoms in total. The Hall–Kier alpha value is -2.75. The maximum atomic E-state index is 12.8. The van der Waals surface area contributed by atoms with Gasteiger partial charge in [0.05, 0.1) is 4.90 Å². The number of nitrogens with one attached hydrogen (secondary N) is 1. The van der Waals surface area contributed by atoms with Gasteiger partial charge in [-0.1, -0.05) is 34.4 Å². The summed E-state index contributed by atoms with van der Waals surface area (Å²) in [6.07, 6.45) is 0.824. The molecular formula is C21H21ClN4O4S. The van der Waals surface area contributed by atoms with Gasteiger partial charge in [0.15, 0.2) is 0 Å². The van der Waals surface area contributed by atoms with Gasteiger partial charge in [-0.05, 0) is 56.2 Å². The number of aromatic nitrogens is 2. The summed E-state index contributed by atoms with van der Waals surface area (Å²) in [5.74, 6) is -0.333. The smallest absolute Gasteiger partial charge is 0.322 e. The first-order chi connectivity index (χ1) is 14.8. The van der Waals surface area contributed by atoms with Crippen molar-refractivity contribution in [1.29, 1.82) is 0 Å². The number of piperidine rings is 1. The van der Waals surface area contributed by atoms with E-state index in [4.69, 9.17) is 16.0 Å². The molecule has 10 heteroatoms. The first kappa shape index (κ1) is 21.5. The Bertz CT molecular complexity index is 1170. The number of carbonyl (C=O) groups is 1. The molecule has 1 saturated heterocycles.